The summed E-state index contributed by atoms with van der Waals surface area (Å²) in [4.78, 5) is 28.9. The maximum atomic E-state index is 12.2. The van der Waals surface area contributed by atoms with E-state index in [-0.39, 0.29) is 6.54 Å². The summed E-state index contributed by atoms with van der Waals surface area (Å²) in [5.74, 6) is -0.179. The molecule has 24 heavy (non-hydrogen) atoms. The van der Waals surface area contributed by atoms with E-state index in [1.165, 1.54) is 10.5 Å². The highest BCUT2D eigenvalue weighted by Crippen LogP contribution is 2.20. The van der Waals surface area contributed by atoms with Gasteiger partial charge in [0.25, 0.3) is 0 Å². The SMILES string of the molecule is CC(C)(C)OC(=O)N(CCc1ccc2c(n1)NCCC2)CC(=O)O. The van der Waals surface area contributed by atoms with E-state index in [0.717, 1.165) is 30.9 Å². The molecule has 132 valence electrons. The van der Waals surface area contributed by atoms with Crippen LogP contribution in [0.1, 0.15) is 38.4 Å². The van der Waals surface area contributed by atoms with Crippen LogP contribution in [0.4, 0.5) is 10.6 Å². The molecule has 2 rings (SSSR count). The molecule has 2 heterocycles. The number of amides is 1. The molecule has 1 aliphatic rings. The third kappa shape index (κ3) is 5.40. The molecule has 7 nitrogen and oxygen atoms in total. The van der Waals surface area contributed by atoms with E-state index in [1.807, 2.05) is 12.1 Å². The summed E-state index contributed by atoms with van der Waals surface area (Å²) < 4.78 is 5.27. The van der Waals surface area contributed by atoms with Gasteiger partial charge in [-0.05, 0) is 45.2 Å². The topological polar surface area (TPSA) is 91.8 Å². The lowest BCUT2D eigenvalue weighted by Gasteiger charge is -2.26. The van der Waals surface area contributed by atoms with Crippen molar-refractivity contribution in [1.82, 2.24) is 9.88 Å². The first-order chi connectivity index (χ1) is 11.2. The number of pyridine rings is 1. The molecule has 0 aromatic carbocycles. The third-order valence-electron chi connectivity index (χ3n) is 3.57. The molecule has 0 radical (unpaired) electrons. The number of nitrogens with zero attached hydrogens (tertiary/aromatic N) is 2. The van der Waals surface area contributed by atoms with Crippen molar-refractivity contribution in [3.8, 4) is 0 Å². The van der Waals surface area contributed by atoms with E-state index < -0.39 is 24.2 Å². The first-order valence-corrected chi connectivity index (χ1v) is 8.17. The van der Waals surface area contributed by atoms with Crippen LogP contribution in [0.25, 0.3) is 0 Å². The van der Waals surface area contributed by atoms with Crippen LogP contribution in [0.2, 0.25) is 0 Å². The molecule has 2 N–H and O–H groups in total. The Kier molecular flexibility index (Phi) is 5.64. The molecule has 1 aliphatic heterocycles. The van der Waals surface area contributed by atoms with Gasteiger partial charge in [-0.3, -0.25) is 9.69 Å². The number of carbonyl (C=O) groups excluding carboxylic acids is 1. The van der Waals surface area contributed by atoms with Gasteiger partial charge in [0.2, 0.25) is 0 Å². The Morgan fingerprint density at radius 3 is 2.79 bits per heavy atom. The highest BCUT2D eigenvalue weighted by Gasteiger charge is 2.24. The first-order valence-electron chi connectivity index (χ1n) is 8.17. The molecule has 7 heteroatoms. The number of rotatable bonds is 5. The third-order valence-corrected chi connectivity index (χ3v) is 3.57. The van der Waals surface area contributed by atoms with Crippen LogP contribution in [0.15, 0.2) is 12.1 Å². The van der Waals surface area contributed by atoms with Gasteiger partial charge in [-0.1, -0.05) is 6.07 Å². The number of carboxylic acid groups (broad SMARTS) is 1. The number of aliphatic carboxylic acids is 1. The van der Waals surface area contributed by atoms with Gasteiger partial charge >= 0.3 is 12.1 Å². The second-order valence-corrected chi connectivity index (χ2v) is 6.89. The van der Waals surface area contributed by atoms with Crippen LogP contribution in [-0.4, -0.2) is 52.3 Å². The van der Waals surface area contributed by atoms with E-state index in [2.05, 4.69) is 10.3 Å². The summed E-state index contributed by atoms with van der Waals surface area (Å²) >= 11 is 0. The predicted molar refractivity (Wildman–Crippen MR) is 90.2 cm³/mol. The normalized spacial score (nSPS) is 13.6. The molecule has 0 aliphatic carbocycles. The van der Waals surface area contributed by atoms with Crippen molar-refractivity contribution in [2.45, 2.75) is 45.6 Å². The second-order valence-electron chi connectivity index (χ2n) is 6.89. The maximum absolute atomic E-state index is 12.2. The Hall–Kier alpha value is -2.31. The van der Waals surface area contributed by atoms with E-state index >= 15 is 0 Å². The van der Waals surface area contributed by atoms with Crippen LogP contribution in [0.3, 0.4) is 0 Å². The number of nitrogens with one attached hydrogen (secondary N) is 1. The van der Waals surface area contributed by atoms with Crippen molar-refractivity contribution in [2.24, 2.45) is 0 Å². The fourth-order valence-corrected chi connectivity index (χ4v) is 2.48. The number of hydrogen-bond donors (Lipinski definition) is 2. The van der Waals surface area contributed by atoms with Crippen molar-refractivity contribution >= 4 is 17.9 Å². The molecule has 0 atom stereocenters. The standard InChI is InChI=1S/C17H25N3O4/c1-17(2,3)24-16(23)20(11-14(21)22)10-8-13-7-6-12-5-4-9-18-15(12)19-13/h6-7H,4-5,8-11H2,1-3H3,(H,18,19)(H,21,22). The number of carbonyl (C=O) groups is 2. The van der Waals surface area contributed by atoms with Gasteiger partial charge in [0, 0.05) is 25.2 Å². The minimum Gasteiger partial charge on any atom is -0.480 e. The molecule has 0 saturated carbocycles. The summed E-state index contributed by atoms with van der Waals surface area (Å²) in [6, 6.07) is 3.97. The molecule has 1 aromatic heterocycles. The molecular formula is C17H25N3O4. The van der Waals surface area contributed by atoms with Crippen molar-refractivity contribution in [2.75, 3.05) is 25.0 Å². The van der Waals surface area contributed by atoms with E-state index in [1.54, 1.807) is 20.8 Å². The molecular weight excluding hydrogens is 310 g/mol. The first kappa shape index (κ1) is 18.0. The fraction of sp³-hybridized carbons (Fsp3) is 0.588. The zero-order valence-corrected chi connectivity index (χ0v) is 14.5. The average Bonchev–Trinajstić information content (AvgIpc) is 2.49. The lowest BCUT2D eigenvalue weighted by molar-refractivity contribution is -0.138. The van der Waals surface area contributed by atoms with Gasteiger partial charge in [0.05, 0.1) is 0 Å². The van der Waals surface area contributed by atoms with Crippen LogP contribution >= 0.6 is 0 Å². The highest BCUT2D eigenvalue weighted by molar-refractivity contribution is 5.76. The zero-order chi connectivity index (χ0) is 17.7. The minimum atomic E-state index is -1.07. The molecule has 0 fully saturated rings. The number of fused-ring (bicyclic) bond motifs is 1. The van der Waals surface area contributed by atoms with Gasteiger partial charge in [0.15, 0.2) is 0 Å². The summed E-state index contributed by atoms with van der Waals surface area (Å²) in [5.41, 5.74) is 1.35. The lowest BCUT2D eigenvalue weighted by Crippen LogP contribution is -2.41. The van der Waals surface area contributed by atoms with Gasteiger partial charge in [0.1, 0.15) is 18.0 Å². The minimum absolute atomic E-state index is 0.243. The van der Waals surface area contributed by atoms with Gasteiger partial charge in [-0.15, -0.1) is 0 Å². The summed E-state index contributed by atoms with van der Waals surface area (Å²) in [6.07, 6.45) is 1.96. The number of ether oxygens (including phenoxy) is 1. The van der Waals surface area contributed by atoms with Crippen molar-refractivity contribution in [3.63, 3.8) is 0 Å². The van der Waals surface area contributed by atoms with E-state index in [0.29, 0.717) is 6.42 Å². The number of anilines is 1. The molecule has 1 aromatic rings. The molecule has 0 saturated heterocycles. The van der Waals surface area contributed by atoms with E-state index in [4.69, 9.17) is 9.84 Å². The quantitative estimate of drug-likeness (QED) is 0.858. The van der Waals surface area contributed by atoms with Crippen LogP contribution in [0, 0.1) is 0 Å². The Morgan fingerprint density at radius 2 is 2.12 bits per heavy atom. The summed E-state index contributed by atoms with van der Waals surface area (Å²) in [6.45, 7) is 6.01. The largest absolute Gasteiger partial charge is 0.480 e. The monoisotopic (exact) mass is 335 g/mol. The number of aryl methyl sites for hydroxylation is 1. The van der Waals surface area contributed by atoms with Crippen LogP contribution in [0.5, 0.6) is 0 Å². The number of aromatic nitrogens is 1. The maximum Gasteiger partial charge on any atom is 0.410 e. The average molecular weight is 335 g/mol. The van der Waals surface area contributed by atoms with E-state index in [9.17, 15) is 9.59 Å². The lowest BCUT2D eigenvalue weighted by atomic mass is 10.1. The molecule has 0 unspecified atom stereocenters. The smallest absolute Gasteiger partial charge is 0.410 e. The Bertz CT molecular complexity index is 610. The van der Waals surface area contributed by atoms with Crippen LogP contribution < -0.4 is 5.32 Å². The van der Waals surface area contributed by atoms with Gasteiger partial charge < -0.3 is 15.2 Å². The van der Waals surface area contributed by atoms with Gasteiger partial charge in [-0.2, -0.15) is 0 Å². The van der Waals surface area contributed by atoms with Crippen molar-refractivity contribution < 1.29 is 19.4 Å². The summed E-state index contributed by atoms with van der Waals surface area (Å²) in [7, 11) is 0. The predicted octanol–water partition coefficient (Wildman–Crippen LogP) is 2.30. The van der Waals surface area contributed by atoms with Crippen molar-refractivity contribution in [3.05, 3.63) is 23.4 Å². The molecule has 0 bridgehead atoms. The molecule has 0 spiro atoms. The highest BCUT2D eigenvalue weighted by atomic mass is 16.6. The molecule has 1 amide bonds. The zero-order valence-electron chi connectivity index (χ0n) is 14.5. The fourth-order valence-electron chi connectivity index (χ4n) is 2.48. The Morgan fingerprint density at radius 1 is 1.38 bits per heavy atom. The Labute approximate surface area is 142 Å². The second kappa shape index (κ2) is 7.51. The van der Waals surface area contributed by atoms with Gasteiger partial charge in [-0.25, -0.2) is 9.78 Å². The summed E-state index contributed by atoms with van der Waals surface area (Å²) in [5, 5.41) is 12.3. The van der Waals surface area contributed by atoms with Crippen LogP contribution in [-0.2, 0) is 22.4 Å². The van der Waals surface area contributed by atoms with Crippen molar-refractivity contribution in [1.29, 1.82) is 0 Å². The Balaban J connectivity index is 2.01. The number of carboxylic acids is 1. The number of hydrogen-bond acceptors (Lipinski definition) is 5.